The summed E-state index contributed by atoms with van der Waals surface area (Å²) in [5, 5.41) is 22.0. The van der Waals surface area contributed by atoms with E-state index in [2.05, 4.69) is 20.6 Å². The SMILES string of the molecule is N=C/C(=C\C(N)=N\C1N=C(c2ccccc2)c2ccccc2NC1=O)NCCO. The molecule has 0 radical (unpaired) electrons. The van der Waals surface area contributed by atoms with E-state index < -0.39 is 12.1 Å². The van der Waals surface area contributed by atoms with Gasteiger partial charge in [0.2, 0.25) is 6.17 Å². The Labute approximate surface area is 168 Å². The van der Waals surface area contributed by atoms with Crippen molar-refractivity contribution in [2.24, 2.45) is 15.7 Å². The lowest BCUT2D eigenvalue weighted by Gasteiger charge is -2.09. The molecule has 29 heavy (non-hydrogen) atoms. The molecule has 1 aliphatic rings. The fraction of sp³-hybridized carbons (Fsp3) is 0.143. The molecule has 148 valence electrons. The van der Waals surface area contributed by atoms with Gasteiger partial charge in [0.25, 0.3) is 5.91 Å². The van der Waals surface area contributed by atoms with Gasteiger partial charge in [-0.25, -0.2) is 9.98 Å². The van der Waals surface area contributed by atoms with Crippen LogP contribution in [0.2, 0.25) is 0 Å². The zero-order chi connectivity index (χ0) is 20.6. The highest BCUT2D eigenvalue weighted by Crippen LogP contribution is 2.24. The molecule has 0 fully saturated rings. The summed E-state index contributed by atoms with van der Waals surface area (Å²) in [6, 6.07) is 17.0. The first kappa shape index (κ1) is 20.0. The Morgan fingerprint density at radius 1 is 1.24 bits per heavy atom. The number of hydrogen-bond donors (Lipinski definition) is 5. The van der Waals surface area contributed by atoms with Crippen molar-refractivity contribution in [3.8, 4) is 0 Å². The van der Waals surface area contributed by atoms with Gasteiger partial charge in [-0.15, -0.1) is 0 Å². The average Bonchev–Trinajstić information content (AvgIpc) is 2.88. The minimum absolute atomic E-state index is 0.0382. The summed E-state index contributed by atoms with van der Waals surface area (Å²) in [4.78, 5) is 21.6. The third-order valence-electron chi connectivity index (χ3n) is 4.14. The van der Waals surface area contributed by atoms with E-state index in [1.807, 2.05) is 54.6 Å². The first-order valence-corrected chi connectivity index (χ1v) is 9.06. The predicted molar refractivity (Wildman–Crippen MR) is 115 cm³/mol. The van der Waals surface area contributed by atoms with Crippen LogP contribution in [0.1, 0.15) is 11.1 Å². The van der Waals surface area contributed by atoms with E-state index in [0.29, 0.717) is 17.1 Å². The number of carbonyl (C=O) groups excluding carboxylic acids is 1. The molecule has 0 saturated carbocycles. The third-order valence-corrected chi connectivity index (χ3v) is 4.14. The number of nitrogens with zero attached hydrogens (tertiary/aromatic N) is 2. The molecule has 1 amide bonds. The van der Waals surface area contributed by atoms with Gasteiger partial charge in [0, 0.05) is 30.0 Å². The number of para-hydroxylation sites is 1. The monoisotopic (exact) mass is 390 g/mol. The molecule has 2 aromatic carbocycles. The van der Waals surface area contributed by atoms with Gasteiger partial charge in [0.15, 0.2) is 0 Å². The number of carbonyl (C=O) groups is 1. The summed E-state index contributed by atoms with van der Waals surface area (Å²) in [6.45, 7) is 0.181. The number of hydrogen-bond acceptors (Lipinski definition) is 6. The summed E-state index contributed by atoms with van der Waals surface area (Å²) < 4.78 is 0. The first-order chi connectivity index (χ1) is 14.1. The quantitative estimate of drug-likeness (QED) is 0.359. The average molecular weight is 390 g/mol. The number of aliphatic imine (C=N–C) groups is 2. The van der Waals surface area contributed by atoms with Gasteiger partial charge >= 0.3 is 0 Å². The molecule has 8 heteroatoms. The van der Waals surface area contributed by atoms with E-state index in [9.17, 15) is 4.79 Å². The molecule has 1 aliphatic heterocycles. The number of aliphatic hydroxyl groups is 1. The number of amides is 1. The van der Waals surface area contributed by atoms with Crippen LogP contribution in [0.25, 0.3) is 0 Å². The Morgan fingerprint density at radius 2 is 1.97 bits per heavy atom. The lowest BCUT2D eigenvalue weighted by molar-refractivity contribution is -0.117. The van der Waals surface area contributed by atoms with Crippen molar-refractivity contribution in [1.82, 2.24) is 5.32 Å². The molecule has 2 aromatic rings. The number of benzene rings is 2. The highest BCUT2D eigenvalue weighted by atomic mass is 16.3. The second kappa shape index (κ2) is 9.43. The molecular formula is C21H22N6O2. The minimum Gasteiger partial charge on any atom is -0.395 e. The van der Waals surface area contributed by atoms with Gasteiger partial charge < -0.3 is 26.9 Å². The zero-order valence-electron chi connectivity index (χ0n) is 15.7. The molecule has 0 saturated heterocycles. The van der Waals surface area contributed by atoms with Crippen molar-refractivity contribution >= 4 is 29.4 Å². The van der Waals surface area contributed by atoms with Crippen LogP contribution in [-0.4, -0.2) is 48.1 Å². The fourth-order valence-electron chi connectivity index (χ4n) is 2.84. The van der Waals surface area contributed by atoms with E-state index >= 15 is 0 Å². The highest BCUT2D eigenvalue weighted by Gasteiger charge is 2.25. The van der Waals surface area contributed by atoms with Gasteiger partial charge in [-0.3, -0.25) is 4.79 Å². The van der Waals surface area contributed by atoms with Crippen molar-refractivity contribution in [3.05, 3.63) is 77.5 Å². The van der Waals surface area contributed by atoms with Gasteiger partial charge in [-0.2, -0.15) is 0 Å². The van der Waals surface area contributed by atoms with Crippen molar-refractivity contribution in [3.63, 3.8) is 0 Å². The summed E-state index contributed by atoms with van der Waals surface area (Å²) in [5.41, 5.74) is 9.28. The maximum atomic E-state index is 12.7. The Hall–Kier alpha value is -3.78. The van der Waals surface area contributed by atoms with Crippen molar-refractivity contribution in [2.45, 2.75) is 6.17 Å². The first-order valence-electron chi connectivity index (χ1n) is 9.06. The summed E-state index contributed by atoms with van der Waals surface area (Å²) >= 11 is 0. The molecule has 0 bridgehead atoms. The van der Waals surface area contributed by atoms with Crippen LogP contribution >= 0.6 is 0 Å². The van der Waals surface area contributed by atoms with Crippen LogP contribution in [0.3, 0.4) is 0 Å². The largest absolute Gasteiger partial charge is 0.395 e. The van der Waals surface area contributed by atoms with Crippen LogP contribution in [0.5, 0.6) is 0 Å². The Morgan fingerprint density at radius 3 is 2.69 bits per heavy atom. The second-order valence-electron chi connectivity index (χ2n) is 6.20. The van der Waals surface area contributed by atoms with Gasteiger partial charge in [0.05, 0.1) is 23.7 Å². The molecule has 1 atom stereocenters. The predicted octanol–water partition coefficient (Wildman–Crippen LogP) is 1.27. The van der Waals surface area contributed by atoms with E-state index in [1.165, 1.54) is 6.08 Å². The number of nitrogens with two attached hydrogens (primary N) is 1. The molecule has 1 heterocycles. The highest BCUT2D eigenvalue weighted by molar-refractivity contribution is 6.19. The van der Waals surface area contributed by atoms with Crippen molar-refractivity contribution in [2.75, 3.05) is 18.5 Å². The second-order valence-corrected chi connectivity index (χ2v) is 6.20. The standard InChI is InChI=1S/C21H22N6O2/c22-13-15(24-10-11-28)12-18(23)26-20-21(29)25-17-9-5-4-8-16(17)19(27-20)14-6-2-1-3-7-14/h1-9,12-13,20,22,24,28H,10-11H2,(H2,23,26)(H,25,29)/b15-12+,22-13?. The third kappa shape index (κ3) is 4.94. The summed E-state index contributed by atoms with van der Waals surface area (Å²) in [7, 11) is 0. The van der Waals surface area contributed by atoms with E-state index in [4.69, 9.17) is 16.2 Å². The summed E-state index contributed by atoms with van der Waals surface area (Å²) in [5.74, 6) is -0.365. The smallest absolute Gasteiger partial charge is 0.271 e. The fourth-order valence-corrected chi connectivity index (χ4v) is 2.84. The topological polar surface area (TPSA) is 136 Å². The summed E-state index contributed by atoms with van der Waals surface area (Å²) in [6.07, 6.45) is 1.39. The van der Waals surface area contributed by atoms with Crippen LogP contribution in [0, 0.1) is 5.41 Å². The van der Waals surface area contributed by atoms with Gasteiger partial charge in [-0.05, 0) is 6.07 Å². The molecule has 0 aliphatic carbocycles. The molecule has 0 spiro atoms. The van der Waals surface area contributed by atoms with Crippen LogP contribution in [-0.2, 0) is 4.79 Å². The Balaban J connectivity index is 2.02. The van der Waals surface area contributed by atoms with E-state index in [-0.39, 0.29) is 19.0 Å². The number of allylic oxidation sites excluding steroid dienone is 1. The number of anilines is 1. The van der Waals surface area contributed by atoms with E-state index in [0.717, 1.165) is 17.3 Å². The zero-order valence-corrected chi connectivity index (χ0v) is 15.7. The number of benzodiazepines with no additional fused rings is 1. The Kier molecular flexibility index (Phi) is 6.49. The number of aliphatic hydroxyl groups excluding tert-OH is 1. The lowest BCUT2D eigenvalue weighted by atomic mass is 10.0. The molecule has 6 N–H and O–H groups in total. The molecule has 3 rings (SSSR count). The number of rotatable bonds is 7. The minimum atomic E-state index is -1.08. The van der Waals surface area contributed by atoms with E-state index in [1.54, 1.807) is 0 Å². The van der Waals surface area contributed by atoms with Gasteiger partial charge in [0.1, 0.15) is 5.84 Å². The molecular weight excluding hydrogens is 368 g/mol. The molecule has 8 nitrogen and oxygen atoms in total. The number of nitrogens with one attached hydrogen (secondary N) is 3. The molecule has 1 unspecified atom stereocenters. The van der Waals surface area contributed by atoms with Crippen LogP contribution in [0.15, 0.2) is 76.4 Å². The van der Waals surface area contributed by atoms with Crippen molar-refractivity contribution in [1.29, 1.82) is 5.41 Å². The van der Waals surface area contributed by atoms with Gasteiger partial charge in [-0.1, -0.05) is 48.5 Å². The molecule has 0 aromatic heterocycles. The van der Waals surface area contributed by atoms with Crippen molar-refractivity contribution < 1.29 is 9.90 Å². The maximum Gasteiger partial charge on any atom is 0.271 e. The lowest BCUT2D eigenvalue weighted by Crippen LogP contribution is -2.27. The van der Waals surface area contributed by atoms with Crippen LogP contribution in [0.4, 0.5) is 5.69 Å². The number of fused-ring (bicyclic) bond motifs is 1. The maximum absolute atomic E-state index is 12.7. The number of amidine groups is 1. The Bertz CT molecular complexity index is 982. The normalized spacial score (nSPS) is 16.9. The van der Waals surface area contributed by atoms with Crippen LogP contribution < -0.4 is 16.4 Å².